The van der Waals surface area contributed by atoms with Crippen molar-refractivity contribution in [1.29, 1.82) is 0 Å². The maximum Gasteiger partial charge on any atom is 0.247 e. The minimum atomic E-state index is -1.04. The van der Waals surface area contributed by atoms with Crippen molar-refractivity contribution in [2.45, 2.75) is 171 Å². The average molecular weight is 1360 g/mol. The van der Waals surface area contributed by atoms with Crippen molar-refractivity contribution in [3.05, 3.63) is 155 Å². The van der Waals surface area contributed by atoms with Gasteiger partial charge in [0, 0.05) is 63.2 Å². The molecule has 0 aliphatic carbocycles. The standard InChI is InChI=1S/C74H102N14O11/c1-5-59(75-3)68(90)82-66-54(37-38-77-47-50-19-11-7-12-20-50)27-30-57-32-35-62(87(57)73(66)95)71(93)81-65(53-25-17-10-18-26-53)72(94)79-40-42-98-44-46-99-45-43-97-41-39-78-63(89)36-29-56-49-86(85-84-56)48-55-28-31-58-33-34-61(88(58)74(96)67(55)83-69(91)60(6-2)76-4)70(92)80-64(51-21-13-8-14-22-51)52-23-15-9-16-24-52/h7-26,49,54-55,57-62,64-67,75-77H,5-6,27-48H2,1-4H3,(H,78,89)(H,79,94)(H,80,92)(H,81,93)(H,82,90)(H,83,91)/t54-,55-,57+,58+,59+,60+,61+,62+,65+,66?,67+/m1/s1. The van der Waals surface area contributed by atoms with E-state index in [0.29, 0.717) is 115 Å². The molecular formula is C74H102N14O11. The first-order valence-corrected chi connectivity index (χ1v) is 35.5. The summed E-state index contributed by atoms with van der Waals surface area (Å²) in [6.07, 6.45) is 8.84. The molecule has 0 spiro atoms. The second kappa shape index (κ2) is 38.8. The summed E-state index contributed by atoms with van der Waals surface area (Å²) < 4.78 is 18.8. The Bertz CT molecular complexity index is 3320. The van der Waals surface area contributed by atoms with E-state index >= 15 is 0 Å². The number of hydrogen-bond donors (Lipinski definition) is 9. The Hall–Kier alpha value is -8.46. The van der Waals surface area contributed by atoms with Crippen molar-refractivity contribution >= 4 is 47.3 Å². The number of nitrogens with zero attached hydrogens (tertiary/aromatic N) is 5. The molecule has 8 amide bonds. The Kier molecular flexibility index (Phi) is 29.3. The third-order valence-corrected chi connectivity index (χ3v) is 19.6. The molecule has 4 aromatic carbocycles. The van der Waals surface area contributed by atoms with E-state index in [1.54, 1.807) is 59.0 Å². The van der Waals surface area contributed by atoms with Gasteiger partial charge in [-0.25, -0.2) is 0 Å². The molecule has 0 radical (unpaired) electrons. The topological polar surface area (TPSA) is 310 Å². The van der Waals surface area contributed by atoms with Gasteiger partial charge in [0.15, 0.2) is 0 Å². The molecule has 4 aliphatic heterocycles. The van der Waals surface area contributed by atoms with Crippen LogP contribution in [0.25, 0.3) is 0 Å². The predicted molar refractivity (Wildman–Crippen MR) is 373 cm³/mol. The SMILES string of the molecule is CC[C@H](NC)C(=O)NC1C(=O)N2[C@@H](CC[C@@H]1CCNCc1ccccc1)CC[C@H]2C(=O)N[C@H](C(=O)NCCOCCOCCOCCNC(=O)CCc1cn(C[C@H]2CC[C@H]3CC[C@@H](C(=O)NC(c4ccccc4)c4ccccc4)N3C(=O)[C@H]2NC(=O)[C@H](CC)NC)nn1)c1ccccc1. The van der Waals surface area contributed by atoms with Crippen LogP contribution in [0, 0.1) is 11.8 Å². The second-order valence-corrected chi connectivity index (χ2v) is 26.1. The summed E-state index contributed by atoms with van der Waals surface area (Å²) in [7, 11) is 3.44. The van der Waals surface area contributed by atoms with Crippen molar-refractivity contribution in [1.82, 2.24) is 72.6 Å². The van der Waals surface area contributed by atoms with Crippen molar-refractivity contribution in [2.75, 3.05) is 73.4 Å². The Morgan fingerprint density at radius 2 is 1.01 bits per heavy atom. The fourth-order valence-electron chi connectivity index (χ4n) is 14.3. The highest BCUT2D eigenvalue weighted by atomic mass is 16.5. The lowest BCUT2D eigenvalue weighted by atomic mass is 9.90. The van der Waals surface area contributed by atoms with Crippen LogP contribution in [0.5, 0.6) is 0 Å². The van der Waals surface area contributed by atoms with Crippen LogP contribution in [-0.4, -0.2) is 194 Å². The molecule has 0 bridgehead atoms. The Labute approximate surface area is 581 Å². The Morgan fingerprint density at radius 3 is 1.55 bits per heavy atom. The predicted octanol–water partition coefficient (Wildman–Crippen LogP) is 3.94. The van der Waals surface area contributed by atoms with E-state index in [2.05, 4.69) is 70.3 Å². The average Bonchev–Trinajstić information content (AvgIpc) is 1.65. The van der Waals surface area contributed by atoms with Gasteiger partial charge in [0.2, 0.25) is 47.3 Å². The minimum absolute atomic E-state index is 0.151. The van der Waals surface area contributed by atoms with Crippen LogP contribution in [0.15, 0.2) is 128 Å². The van der Waals surface area contributed by atoms with Crippen LogP contribution >= 0.6 is 0 Å². The van der Waals surface area contributed by atoms with Crippen molar-refractivity contribution in [3.63, 3.8) is 0 Å². The molecule has 1 aromatic heterocycles. The molecule has 4 aliphatic rings. The summed E-state index contributed by atoms with van der Waals surface area (Å²) in [6, 6.07) is 32.5. The normalized spacial score (nSPS) is 21.5. The van der Waals surface area contributed by atoms with Gasteiger partial charge < -0.3 is 71.9 Å². The molecule has 25 nitrogen and oxygen atoms in total. The van der Waals surface area contributed by atoms with Gasteiger partial charge in [0.05, 0.1) is 63.5 Å². The maximum absolute atomic E-state index is 14.9. The summed E-state index contributed by atoms with van der Waals surface area (Å²) in [5.41, 5.74) is 4.19. The highest BCUT2D eigenvalue weighted by molar-refractivity contribution is 5.97. The summed E-state index contributed by atoms with van der Waals surface area (Å²) in [4.78, 5) is 116. The van der Waals surface area contributed by atoms with Crippen LogP contribution < -0.4 is 47.9 Å². The van der Waals surface area contributed by atoms with Crippen LogP contribution in [-0.2, 0) is 72.1 Å². The third-order valence-electron chi connectivity index (χ3n) is 19.6. The van der Waals surface area contributed by atoms with Gasteiger partial charge in [-0.05, 0) is 119 Å². The number of benzene rings is 4. The Balaban J connectivity index is 0.662. The lowest BCUT2D eigenvalue weighted by Gasteiger charge is -2.33. The molecule has 0 saturated carbocycles. The Morgan fingerprint density at radius 1 is 0.535 bits per heavy atom. The monoisotopic (exact) mass is 1360 g/mol. The van der Waals surface area contributed by atoms with Crippen LogP contribution in [0.4, 0.5) is 0 Å². The zero-order chi connectivity index (χ0) is 69.9. The van der Waals surface area contributed by atoms with Gasteiger partial charge in [-0.1, -0.05) is 140 Å². The molecule has 4 saturated heterocycles. The van der Waals surface area contributed by atoms with Crippen LogP contribution in [0.1, 0.15) is 131 Å². The fraction of sp³-hybridized carbons (Fsp3) is 0.541. The van der Waals surface area contributed by atoms with E-state index in [0.717, 1.165) is 16.7 Å². The number of aryl methyl sites for hydroxylation is 1. The van der Waals surface area contributed by atoms with Gasteiger partial charge in [0.25, 0.3) is 0 Å². The first-order valence-electron chi connectivity index (χ1n) is 35.5. The van der Waals surface area contributed by atoms with Gasteiger partial charge in [0.1, 0.15) is 30.2 Å². The number of rotatable bonds is 38. The molecular weight excluding hydrogens is 1260 g/mol. The van der Waals surface area contributed by atoms with Gasteiger partial charge in [-0.15, -0.1) is 5.10 Å². The smallest absolute Gasteiger partial charge is 0.247 e. The van der Waals surface area contributed by atoms with Crippen molar-refractivity contribution in [2.24, 2.45) is 11.8 Å². The van der Waals surface area contributed by atoms with Crippen LogP contribution in [0.2, 0.25) is 0 Å². The zero-order valence-electron chi connectivity index (χ0n) is 57.7. The number of ether oxygens (including phenoxy) is 3. The summed E-state index contributed by atoms with van der Waals surface area (Å²) in [5.74, 6) is -2.91. The molecule has 9 N–H and O–H groups in total. The van der Waals surface area contributed by atoms with E-state index in [-0.39, 0.29) is 112 Å². The molecule has 99 heavy (non-hydrogen) atoms. The molecule has 5 heterocycles. The van der Waals surface area contributed by atoms with Crippen molar-refractivity contribution < 1.29 is 52.6 Å². The first-order chi connectivity index (χ1) is 48.3. The molecule has 1 unspecified atom stereocenters. The van der Waals surface area contributed by atoms with E-state index in [4.69, 9.17) is 14.2 Å². The van der Waals surface area contributed by atoms with Gasteiger partial charge >= 0.3 is 0 Å². The number of carbonyl (C=O) groups is 8. The minimum Gasteiger partial charge on any atom is -0.377 e. The highest BCUT2D eigenvalue weighted by Crippen LogP contribution is 2.38. The lowest BCUT2D eigenvalue weighted by Crippen LogP contribution is -2.58. The number of fused-ring (bicyclic) bond motifs is 2. The second-order valence-electron chi connectivity index (χ2n) is 26.1. The summed E-state index contributed by atoms with van der Waals surface area (Å²) >= 11 is 0. The van der Waals surface area contributed by atoms with E-state index in [1.165, 1.54) is 0 Å². The number of amides is 8. The highest BCUT2D eigenvalue weighted by Gasteiger charge is 2.50. The number of aromatic nitrogens is 3. The zero-order valence-corrected chi connectivity index (χ0v) is 57.7. The van der Waals surface area contributed by atoms with Gasteiger partial charge in [-0.2, -0.15) is 0 Å². The molecule has 9 rings (SSSR count). The molecule has 534 valence electrons. The van der Waals surface area contributed by atoms with Gasteiger partial charge in [-0.3, -0.25) is 43.0 Å². The molecule has 11 atom stereocenters. The molecule has 25 heteroatoms. The first kappa shape index (κ1) is 74.8. The largest absolute Gasteiger partial charge is 0.377 e. The number of nitrogens with one attached hydrogen (secondary N) is 9. The lowest BCUT2D eigenvalue weighted by molar-refractivity contribution is -0.144. The van der Waals surface area contributed by atoms with E-state index in [9.17, 15) is 38.4 Å². The number of hydrogen-bond acceptors (Lipinski definition) is 16. The molecule has 5 aromatic rings. The van der Waals surface area contributed by atoms with E-state index < -0.39 is 60.1 Å². The van der Waals surface area contributed by atoms with Crippen molar-refractivity contribution in [3.8, 4) is 0 Å². The fourth-order valence-corrected chi connectivity index (χ4v) is 14.3. The summed E-state index contributed by atoms with van der Waals surface area (Å²) in [6.45, 7) is 7.46. The molecule has 4 fully saturated rings. The number of likely N-dealkylation sites (N-methyl/N-ethyl adjacent to an activating group) is 2. The summed E-state index contributed by atoms with van der Waals surface area (Å²) in [5, 5.41) is 36.5. The number of carbonyl (C=O) groups excluding carboxylic acids is 8. The maximum atomic E-state index is 14.9. The van der Waals surface area contributed by atoms with Crippen LogP contribution in [0.3, 0.4) is 0 Å². The quantitative estimate of drug-likeness (QED) is 0.0253. The van der Waals surface area contributed by atoms with E-state index in [1.807, 2.05) is 98.8 Å². The third kappa shape index (κ3) is 21.1.